The van der Waals surface area contributed by atoms with Crippen molar-refractivity contribution in [3.8, 4) is 0 Å². The largest absolute Gasteiger partial charge is 0.387 e. The lowest BCUT2D eigenvalue weighted by Crippen LogP contribution is -2.42. The van der Waals surface area contributed by atoms with Gasteiger partial charge < -0.3 is 15.3 Å². The molecule has 0 aromatic heterocycles. The van der Waals surface area contributed by atoms with Gasteiger partial charge in [0.05, 0.1) is 6.10 Å². The van der Waals surface area contributed by atoms with Crippen molar-refractivity contribution in [1.82, 2.24) is 10.2 Å². The molecule has 0 radical (unpaired) electrons. The van der Waals surface area contributed by atoms with Gasteiger partial charge in [0.25, 0.3) is 0 Å². The van der Waals surface area contributed by atoms with Crippen LogP contribution in [0.5, 0.6) is 0 Å². The first-order valence-electron chi connectivity index (χ1n) is 6.81. The van der Waals surface area contributed by atoms with E-state index in [9.17, 15) is 5.11 Å². The van der Waals surface area contributed by atoms with Crippen LogP contribution in [0.25, 0.3) is 0 Å². The number of likely N-dealkylation sites (tertiary alicyclic amines) is 1. The highest BCUT2D eigenvalue weighted by molar-refractivity contribution is 5.23. The molecule has 1 fully saturated rings. The lowest BCUT2D eigenvalue weighted by atomic mass is 10.0. The Hall–Kier alpha value is -0.900. The number of nitrogens with one attached hydrogen (secondary N) is 1. The molecule has 1 atom stereocenters. The van der Waals surface area contributed by atoms with Crippen LogP contribution in [0.15, 0.2) is 24.3 Å². The molecule has 0 saturated carbocycles. The van der Waals surface area contributed by atoms with Crippen LogP contribution in [-0.2, 0) is 0 Å². The molecule has 0 amide bonds. The molecule has 1 aliphatic rings. The Labute approximate surface area is 110 Å². The van der Waals surface area contributed by atoms with Crippen LogP contribution < -0.4 is 5.32 Å². The molecule has 0 aliphatic carbocycles. The molecule has 100 valence electrons. The van der Waals surface area contributed by atoms with E-state index in [1.54, 1.807) is 0 Å². The summed E-state index contributed by atoms with van der Waals surface area (Å²) >= 11 is 0. The van der Waals surface area contributed by atoms with Crippen LogP contribution in [0, 0.1) is 6.92 Å². The molecule has 1 heterocycles. The summed E-state index contributed by atoms with van der Waals surface area (Å²) in [6.07, 6.45) is 1.96. The second-order valence-corrected chi connectivity index (χ2v) is 5.41. The summed E-state index contributed by atoms with van der Waals surface area (Å²) in [4.78, 5) is 2.36. The summed E-state index contributed by atoms with van der Waals surface area (Å²) in [5.41, 5.74) is 2.23. The normalized spacial score (nSPS) is 19.9. The van der Waals surface area contributed by atoms with E-state index >= 15 is 0 Å². The molecular weight excluding hydrogens is 224 g/mol. The summed E-state index contributed by atoms with van der Waals surface area (Å²) in [7, 11) is 2.16. The van der Waals surface area contributed by atoms with Gasteiger partial charge in [0.2, 0.25) is 0 Å². The summed E-state index contributed by atoms with van der Waals surface area (Å²) in [6, 6.07) is 8.68. The lowest BCUT2D eigenvalue weighted by Gasteiger charge is -2.30. The number of hydrogen-bond acceptors (Lipinski definition) is 3. The second-order valence-electron chi connectivity index (χ2n) is 5.41. The molecular formula is C15H24N2O. The number of aliphatic hydroxyl groups excluding tert-OH is 1. The molecule has 1 aromatic carbocycles. The van der Waals surface area contributed by atoms with Crippen molar-refractivity contribution >= 4 is 0 Å². The molecule has 1 aromatic rings. The standard InChI is InChI=1S/C15H24N2O/c1-12-3-5-13(6-4-12)15(18)11-16-14-7-9-17(2)10-8-14/h3-6,14-16,18H,7-11H2,1-2H3/t15-/m0/s1. The molecule has 1 aliphatic heterocycles. The Morgan fingerprint density at radius 3 is 2.50 bits per heavy atom. The first kappa shape index (κ1) is 13.5. The molecule has 2 N–H and O–H groups in total. The van der Waals surface area contributed by atoms with E-state index in [1.165, 1.54) is 18.4 Å². The fourth-order valence-corrected chi connectivity index (χ4v) is 2.40. The average Bonchev–Trinajstić information content (AvgIpc) is 2.38. The van der Waals surface area contributed by atoms with Crippen LogP contribution >= 0.6 is 0 Å². The number of aryl methyl sites for hydroxylation is 1. The monoisotopic (exact) mass is 248 g/mol. The Morgan fingerprint density at radius 1 is 1.28 bits per heavy atom. The summed E-state index contributed by atoms with van der Waals surface area (Å²) < 4.78 is 0. The zero-order chi connectivity index (χ0) is 13.0. The number of piperidine rings is 1. The van der Waals surface area contributed by atoms with Crippen molar-refractivity contribution in [2.75, 3.05) is 26.7 Å². The Morgan fingerprint density at radius 2 is 1.89 bits per heavy atom. The maximum atomic E-state index is 10.1. The van der Waals surface area contributed by atoms with Gasteiger partial charge in [0.15, 0.2) is 0 Å². The number of benzene rings is 1. The molecule has 2 rings (SSSR count). The number of nitrogens with zero attached hydrogens (tertiary/aromatic N) is 1. The van der Waals surface area contributed by atoms with Gasteiger partial charge in [-0.2, -0.15) is 0 Å². The molecule has 0 bridgehead atoms. The predicted molar refractivity (Wildman–Crippen MR) is 74.7 cm³/mol. The lowest BCUT2D eigenvalue weighted by molar-refractivity contribution is 0.158. The Bertz CT molecular complexity index is 355. The number of hydrogen-bond donors (Lipinski definition) is 2. The topological polar surface area (TPSA) is 35.5 Å². The van der Waals surface area contributed by atoms with Gasteiger partial charge in [-0.25, -0.2) is 0 Å². The molecule has 18 heavy (non-hydrogen) atoms. The van der Waals surface area contributed by atoms with E-state index in [0.717, 1.165) is 18.7 Å². The van der Waals surface area contributed by atoms with Crippen molar-refractivity contribution in [2.24, 2.45) is 0 Å². The minimum absolute atomic E-state index is 0.398. The maximum Gasteiger partial charge on any atom is 0.0914 e. The summed E-state index contributed by atoms with van der Waals surface area (Å²) in [5.74, 6) is 0. The van der Waals surface area contributed by atoms with E-state index in [-0.39, 0.29) is 0 Å². The molecule has 0 unspecified atom stereocenters. The minimum Gasteiger partial charge on any atom is -0.387 e. The zero-order valence-electron chi connectivity index (χ0n) is 11.4. The van der Waals surface area contributed by atoms with Crippen LogP contribution in [0.4, 0.5) is 0 Å². The zero-order valence-corrected chi connectivity index (χ0v) is 11.4. The highest BCUT2D eigenvalue weighted by Crippen LogP contribution is 2.14. The highest BCUT2D eigenvalue weighted by Gasteiger charge is 2.17. The Balaban J connectivity index is 1.77. The number of aliphatic hydroxyl groups is 1. The third kappa shape index (κ3) is 3.80. The fraction of sp³-hybridized carbons (Fsp3) is 0.600. The molecule has 3 nitrogen and oxygen atoms in total. The van der Waals surface area contributed by atoms with Crippen molar-refractivity contribution in [2.45, 2.75) is 31.9 Å². The minimum atomic E-state index is -0.398. The molecule has 0 spiro atoms. The Kier molecular flexibility index (Phi) is 4.75. The van der Waals surface area contributed by atoms with Gasteiger partial charge in [0.1, 0.15) is 0 Å². The van der Waals surface area contributed by atoms with Crippen molar-refractivity contribution in [1.29, 1.82) is 0 Å². The van der Waals surface area contributed by atoms with Crippen molar-refractivity contribution in [3.05, 3.63) is 35.4 Å². The van der Waals surface area contributed by atoms with E-state index < -0.39 is 6.10 Å². The van der Waals surface area contributed by atoms with Gasteiger partial charge in [0, 0.05) is 12.6 Å². The van der Waals surface area contributed by atoms with E-state index in [1.807, 2.05) is 24.3 Å². The van der Waals surface area contributed by atoms with Crippen LogP contribution in [0.1, 0.15) is 30.1 Å². The van der Waals surface area contributed by atoms with Gasteiger partial charge in [-0.05, 0) is 45.5 Å². The van der Waals surface area contributed by atoms with E-state index in [2.05, 4.69) is 24.2 Å². The predicted octanol–water partition coefficient (Wildman–Crippen LogP) is 1.71. The first-order chi connectivity index (χ1) is 8.65. The first-order valence-corrected chi connectivity index (χ1v) is 6.81. The van der Waals surface area contributed by atoms with Gasteiger partial charge in [-0.1, -0.05) is 29.8 Å². The second kappa shape index (κ2) is 6.32. The third-order valence-electron chi connectivity index (χ3n) is 3.78. The van der Waals surface area contributed by atoms with Crippen molar-refractivity contribution in [3.63, 3.8) is 0 Å². The maximum absolute atomic E-state index is 10.1. The van der Waals surface area contributed by atoms with E-state index in [4.69, 9.17) is 0 Å². The van der Waals surface area contributed by atoms with E-state index in [0.29, 0.717) is 12.6 Å². The van der Waals surface area contributed by atoms with Crippen LogP contribution in [0.3, 0.4) is 0 Å². The van der Waals surface area contributed by atoms with Gasteiger partial charge >= 0.3 is 0 Å². The van der Waals surface area contributed by atoms with Crippen molar-refractivity contribution < 1.29 is 5.11 Å². The van der Waals surface area contributed by atoms with Crippen LogP contribution in [-0.4, -0.2) is 42.7 Å². The quantitative estimate of drug-likeness (QED) is 0.851. The molecule has 3 heteroatoms. The van der Waals surface area contributed by atoms with Gasteiger partial charge in [-0.3, -0.25) is 0 Å². The fourth-order valence-electron chi connectivity index (χ4n) is 2.40. The van der Waals surface area contributed by atoms with Crippen LogP contribution in [0.2, 0.25) is 0 Å². The smallest absolute Gasteiger partial charge is 0.0914 e. The van der Waals surface area contributed by atoms with Gasteiger partial charge in [-0.15, -0.1) is 0 Å². The average molecular weight is 248 g/mol. The molecule has 1 saturated heterocycles. The summed E-state index contributed by atoms with van der Waals surface area (Å²) in [6.45, 7) is 5.01. The number of rotatable bonds is 4. The SMILES string of the molecule is Cc1ccc([C@@H](O)CNC2CCN(C)CC2)cc1. The highest BCUT2D eigenvalue weighted by atomic mass is 16.3. The summed E-state index contributed by atoms with van der Waals surface area (Å²) in [5, 5.41) is 13.6. The third-order valence-corrected chi connectivity index (χ3v) is 3.78.